The Labute approximate surface area is 133 Å². The highest BCUT2D eigenvalue weighted by atomic mass is 16.5. The van der Waals surface area contributed by atoms with Gasteiger partial charge >= 0.3 is 0 Å². The molecule has 1 aliphatic rings. The number of carbonyl (C=O) groups is 1. The van der Waals surface area contributed by atoms with Gasteiger partial charge in [0.25, 0.3) is 0 Å². The standard InChI is InChI=1S/C20H24O2/c1-15(2)5-4-6-16(3)11-12-22-20-10-8-17-7-9-19(21)13-18(17)14-20/h5,7-11,14H,4,6,12-13H2,1-3H3/b16-11+. The molecule has 0 fully saturated rings. The van der Waals surface area contributed by atoms with Crippen molar-refractivity contribution in [2.75, 3.05) is 6.61 Å². The number of ketones is 1. The first-order valence-electron chi connectivity index (χ1n) is 7.80. The molecule has 1 aromatic rings. The van der Waals surface area contributed by atoms with Gasteiger partial charge in [0.1, 0.15) is 12.4 Å². The molecule has 0 spiro atoms. The van der Waals surface area contributed by atoms with Crippen molar-refractivity contribution in [3.8, 4) is 5.75 Å². The van der Waals surface area contributed by atoms with Crippen LogP contribution in [0.15, 0.2) is 47.6 Å². The number of ether oxygens (including phenoxy) is 1. The number of fused-ring (bicyclic) bond motifs is 1. The van der Waals surface area contributed by atoms with Gasteiger partial charge < -0.3 is 4.74 Å². The molecule has 116 valence electrons. The van der Waals surface area contributed by atoms with Gasteiger partial charge in [-0.05, 0) is 69.0 Å². The van der Waals surface area contributed by atoms with Gasteiger partial charge in [0.2, 0.25) is 0 Å². The van der Waals surface area contributed by atoms with Crippen LogP contribution in [0.25, 0.3) is 6.08 Å². The van der Waals surface area contributed by atoms with E-state index in [0.29, 0.717) is 13.0 Å². The lowest BCUT2D eigenvalue weighted by atomic mass is 9.96. The first-order chi connectivity index (χ1) is 10.5. The first kappa shape index (κ1) is 16.3. The Hall–Kier alpha value is -2.09. The summed E-state index contributed by atoms with van der Waals surface area (Å²) >= 11 is 0. The van der Waals surface area contributed by atoms with Crippen LogP contribution >= 0.6 is 0 Å². The highest BCUT2D eigenvalue weighted by Gasteiger charge is 2.10. The molecule has 2 rings (SSSR count). The molecule has 2 nitrogen and oxygen atoms in total. The van der Waals surface area contributed by atoms with Crippen molar-refractivity contribution >= 4 is 11.9 Å². The predicted octanol–water partition coefficient (Wildman–Crippen LogP) is 4.90. The van der Waals surface area contributed by atoms with E-state index >= 15 is 0 Å². The molecule has 1 aliphatic carbocycles. The number of benzene rings is 1. The number of hydrogen-bond donors (Lipinski definition) is 0. The molecular weight excluding hydrogens is 272 g/mol. The topological polar surface area (TPSA) is 26.3 Å². The Morgan fingerprint density at radius 2 is 2.00 bits per heavy atom. The Balaban J connectivity index is 1.87. The summed E-state index contributed by atoms with van der Waals surface area (Å²) in [6.45, 7) is 6.96. The molecule has 22 heavy (non-hydrogen) atoms. The second-order valence-electron chi connectivity index (χ2n) is 6.02. The minimum atomic E-state index is 0.152. The van der Waals surface area contributed by atoms with E-state index in [9.17, 15) is 4.79 Å². The van der Waals surface area contributed by atoms with Crippen LogP contribution in [0.1, 0.15) is 44.7 Å². The monoisotopic (exact) mass is 296 g/mol. The van der Waals surface area contributed by atoms with Crippen LogP contribution in [0.4, 0.5) is 0 Å². The summed E-state index contributed by atoms with van der Waals surface area (Å²) in [5, 5.41) is 0. The SMILES string of the molecule is CC(C)=CCC/C(C)=C/COc1ccc2c(c1)CC(=O)C=C2. The molecule has 0 N–H and O–H groups in total. The summed E-state index contributed by atoms with van der Waals surface area (Å²) in [6, 6.07) is 5.95. The molecule has 0 heterocycles. The Morgan fingerprint density at radius 3 is 2.77 bits per heavy atom. The lowest BCUT2D eigenvalue weighted by Gasteiger charge is -2.12. The Morgan fingerprint density at radius 1 is 1.18 bits per heavy atom. The maximum Gasteiger partial charge on any atom is 0.160 e. The van der Waals surface area contributed by atoms with E-state index in [0.717, 1.165) is 29.7 Å². The van der Waals surface area contributed by atoms with Crippen LogP contribution in [0.3, 0.4) is 0 Å². The molecule has 0 unspecified atom stereocenters. The van der Waals surface area contributed by atoms with Gasteiger partial charge in [-0.1, -0.05) is 29.4 Å². The van der Waals surface area contributed by atoms with Crippen molar-refractivity contribution in [1.29, 1.82) is 0 Å². The van der Waals surface area contributed by atoms with Crippen LogP contribution < -0.4 is 4.74 Å². The molecule has 0 saturated heterocycles. The largest absolute Gasteiger partial charge is 0.490 e. The van der Waals surface area contributed by atoms with E-state index in [1.165, 1.54) is 11.1 Å². The Bertz CT molecular complexity index is 629. The molecule has 0 radical (unpaired) electrons. The third kappa shape index (κ3) is 5.03. The summed E-state index contributed by atoms with van der Waals surface area (Å²) in [5.41, 5.74) is 4.87. The van der Waals surface area contributed by atoms with E-state index < -0.39 is 0 Å². The van der Waals surface area contributed by atoms with Gasteiger partial charge in [-0.3, -0.25) is 4.79 Å². The lowest BCUT2D eigenvalue weighted by molar-refractivity contribution is -0.114. The third-order valence-corrected chi connectivity index (χ3v) is 3.70. The van der Waals surface area contributed by atoms with Crippen molar-refractivity contribution in [1.82, 2.24) is 0 Å². The van der Waals surface area contributed by atoms with E-state index in [2.05, 4.69) is 32.9 Å². The molecule has 0 amide bonds. The van der Waals surface area contributed by atoms with Crippen LogP contribution in [0.5, 0.6) is 5.75 Å². The molecule has 0 saturated carbocycles. The Kier molecular flexibility index (Phi) is 5.76. The van der Waals surface area contributed by atoms with Crippen LogP contribution in [-0.2, 0) is 11.2 Å². The second kappa shape index (κ2) is 7.79. The van der Waals surface area contributed by atoms with Crippen molar-refractivity contribution in [2.45, 2.75) is 40.0 Å². The van der Waals surface area contributed by atoms with Gasteiger partial charge in [0, 0.05) is 6.42 Å². The maximum absolute atomic E-state index is 11.4. The predicted molar refractivity (Wildman–Crippen MR) is 92.1 cm³/mol. The second-order valence-corrected chi connectivity index (χ2v) is 6.02. The fourth-order valence-corrected chi connectivity index (χ4v) is 2.39. The van der Waals surface area contributed by atoms with Gasteiger partial charge in [-0.25, -0.2) is 0 Å². The van der Waals surface area contributed by atoms with E-state index in [4.69, 9.17) is 4.74 Å². The normalized spacial score (nSPS) is 13.8. The number of carbonyl (C=O) groups excluding carboxylic acids is 1. The quantitative estimate of drug-likeness (QED) is 0.698. The first-order valence-corrected chi connectivity index (χ1v) is 7.80. The van der Waals surface area contributed by atoms with Crippen molar-refractivity contribution in [2.24, 2.45) is 0 Å². The average Bonchev–Trinajstić information content (AvgIpc) is 2.46. The van der Waals surface area contributed by atoms with Crippen LogP contribution in [0, 0.1) is 0 Å². The zero-order valence-electron chi connectivity index (χ0n) is 13.7. The van der Waals surface area contributed by atoms with E-state index in [1.54, 1.807) is 6.08 Å². The molecule has 0 bridgehead atoms. The number of hydrogen-bond acceptors (Lipinski definition) is 2. The third-order valence-electron chi connectivity index (χ3n) is 3.70. The maximum atomic E-state index is 11.4. The molecule has 0 aliphatic heterocycles. The zero-order chi connectivity index (χ0) is 15.9. The molecule has 2 heteroatoms. The minimum absolute atomic E-state index is 0.152. The van der Waals surface area contributed by atoms with Crippen LogP contribution in [-0.4, -0.2) is 12.4 Å². The molecule has 0 aromatic heterocycles. The fraction of sp³-hybridized carbons (Fsp3) is 0.350. The van der Waals surface area contributed by atoms with E-state index in [-0.39, 0.29) is 5.78 Å². The lowest BCUT2D eigenvalue weighted by Crippen LogP contribution is -2.05. The summed E-state index contributed by atoms with van der Waals surface area (Å²) < 4.78 is 5.78. The molecule has 0 atom stereocenters. The van der Waals surface area contributed by atoms with E-state index in [1.807, 2.05) is 24.3 Å². The fourth-order valence-electron chi connectivity index (χ4n) is 2.39. The summed E-state index contributed by atoms with van der Waals surface area (Å²) in [7, 11) is 0. The number of allylic oxidation sites excluding steroid dienone is 4. The zero-order valence-corrected chi connectivity index (χ0v) is 13.7. The van der Waals surface area contributed by atoms with Crippen molar-refractivity contribution < 1.29 is 9.53 Å². The van der Waals surface area contributed by atoms with Crippen molar-refractivity contribution in [3.05, 3.63) is 58.7 Å². The summed E-state index contributed by atoms with van der Waals surface area (Å²) in [4.78, 5) is 11.4. The highest BCUT2D eigenvalue weighted by Crippen LogP contribution is 2.23. The summed E-state index contributed by atoms with van der Waals surface area (Å²) in [6.07, 6.45) is 10.5. The van der Waals surface area contributed by atoms with Crippen LogP contribution in [0.2, 0.25) is 0 Å². The minimum Gasteiger partial charge on any atom is -0.490 e. The van der Waals surface area contributed by atoms with Gasteiger partial charge in [0.05, 0.1) is 0 Å². The average molecular weight is 296 g/mol. The molecule has 1 aromatic carbocycles. The number of rotatable bonds is 6. The smallest absolute Gasteiger partial charge is 0.160 e. The van der Waals surface area contributed by atoms with Crippen molar-refractivity contribution in [3.63, 3.8) is 0 Å². The van der Waals surface area contributed by atoms with Gasteiger partial charge in [-0.15, -0.1) is 0 Å². The molecular formula is C20H24O2. The highest BCUT2D eigenvalue weighted by molar-refractivity contribution is 5.98. The summed E-state index contributed by atoms with van der Waals surface area (Å²) in [5.74, 6) is 0.981. The van der Waals surface area contributed by atoms with Gasteiger partial charge in [-0.2, -0.15) is 0 Å². The van der Waals surface area contributed by atoms with Gasteiger partial charge in [0.15, 0.2) is 5.78 Å².